The van der Waals surface area contributed by atoms with Crippen LogP contribution in [0.25, 0.3) is 10.6 Å². The quantitative estimate of drug-likeness (QED) is 0.869. The molecule has 2 heterocycles. The van der Waals surface area contributed by atoms with E-state index in [1.54, 1.807) is 24.6 Å². The van der Waals surface area contributed by atoms with Crippen molar-refractivity contribution in [1.29, 1.82) is 0 Å². The van der Waals surface area contributed by atoms with E-state index in [0.29, 0.717) is 12.6 Å². The lowest BCUT2D eigenvalue weighted by Gasteiger charge is -2.10. The van der Waals surface area contributed by atoms with Gasteiger partial charge in [-0.3, -0.25) is 4.98 Å². The topological polar surface area (TPSA) is 47.0 Å². The van der Waals surface area contributed by atoms with Crippen LogP contribution in [0.2, 0.25) is 0 Å². The zero-order valence-corrected chi connectivity index (χ0v) is 11.4. The van der Waals surface area contributed by atoms with Crippen molar-refractivity contribution in [2.75, 3.05) is 13.7 Å². The molecular formula is C13H17N3OS. The summed E-state index contributed by atoms with van der Waals surface area (Å²) in [6.45, 7) is 3.64. The lowest BCUT2D eigenvalue weighted by molar-refractivity contribution is 0.172. The van der Waals surface area contributed by atoms with Crippen molar-refractivity contribution in [3.05, 3.63) is 35.6 Å². The van der Waals surface area contributed by atoms with Crippen LogP contribution in [-0.4, -0.2) is 29.7 Å². The van der Waals surface area contributed by atoms with Gasteiger partial charge in [0, 0.05) is 48.7 Å². The Morgan fingerprint density at radius 3 is 3.06 bits per heavy atom. The Hall–Kier alpha value is -1.30. The van der Waals surface area contributed by atoms with Crippen molar-refractivity contribution in [2.45, 2.75) is 19.5 Å². The Morgan fingerprint density at radius 2 is 2.33 bits per heavy atom. The van der Waals surface area contributed by atoms with Gasteiger partial charge in [-0.2, -0.15) is 0 Å². The minimum absolute atomic E-state index is 0.346. The maximum atomic E-state index is 5.08. The highest BCUT2D eigenvalue weighted by atomic mass is 32.1. The van der Waals surface area contributed by atoms with Gasteiger partial charge in [-0.25, -0.2) is 4.98 Å². The summed E-state index contributed by atoms with van der Waals surface area (Å²) in [6.07, 6.45) is 5.52. The zero-order chi connectivity index (χ0) is 12.8. The summed E-state index contributed by atoms with van der Waals surface area (Å²) in [5.74, 6) is 0. The van der Waals surface area contributed by atoms with E-state index in [-0.39, 0.29) is 0 Å². The number of pyridine rings is 1. The van der Waals surface area contributed by atoms with Gasteiger partial charge in [-0.15, -0.1) is 11.3 Å². The average Bonchev–Trinajstić information content (AvgIpc) is 2.87. The number of thiazole rings is 1. The first-order valence-electron chi connectivity index (χ1n) is 5.87. The van der Waals surface area contributed by atoms with Gasteiger partial charge in [0.2, 0.25) is 0 Å². The Bertz CT molecular complexity index is 472. The van der Waals surface area contributed by atoms with Crippen LogP contribution in [0.3, 0.4) is 0 Å². The summed E-state index contributed by atoms with van der Waals surface area (Å²) < 4.78 is 5.08. The maximum absolute atomic E-state index is 5.08. The predicted molar refractivity (Wildman–Crippen MR) is 73.5 cm³/mol. The number of rotatable bonds is 6. The number of ether oxygens (including phenoxy) is 1. The molecule has 0 radical (unpaired) electrons. The molecule has 0 spiro atoms. The fourth-order valence-electron chi connectivity index (χ4n) is 1.60. The number of aromatic nitrogens is 2. The largest absolute Gasteiger partial charge is 0.383 e. The van der Waals surface area contributed by atoms with E-state index in [9.17, 15) is 0 Å². The third-order valence-corrected chi connectivity index (χ3v) is 3.55. The van der Waals surface area contributed by atoms with E-state index in [0.717, 1.165) is 17.1 Å². The van der Waals surface area contributed by atoms with Crippen LogP contribution in [0.15, 0.2) is 30.7 Å². The predicted octanol–water partition coefficient (Wildman–Crippen LogP) is 2.33. The second-order valence-corrected chi connectivity index (χ2v) is 5.23. The maximum Gasteiger partial charge on any atom is 0.125 e. The fraction of sp³-hybridized carbons (Fsp3) is 0.385. The van der Waals surface area contributed by atoms with Crippen molar-refractivity contribution >= 4 is 11.3 Å². The molecule has 96 valence electrons. The highest BCUT2D eigenvalue weighted by molar-refractivity contribution is 7.15. The standard InChI is InChI=1S/C13H17N3OS/c1-10(9-17-2)15-7-12-8-16-13(18-12)11-4-3-5-14-6-11/h3-6,8,10,15H,7,9H2,1-2H3/t10-/m1/s1. The number of methoxy groups -OCH3 is 1. The molecule has 0 bridgehead atoms. The third kappa shape index (κ3) is 3.60. The van der Waals surface area contributed by atoms with Crippen LogP contribution in [0.4, 0.5) is 0 Å². The number of nitrogens with zero attached hydrogens (tertiary/aromatic N) is 2. The van der Waals surface area contributed by atoms with E-state index in [1.165, 1.54) is 4.88 Å². The average molecular weight is 263 g/mol. The Labute approximate surface area is 111 Å². The van der Waals surface area contributed by atoms with Gasteiger partial charge in [0.1, 0.15) is 5.01 Å². The fourth-order valence-corrected chi connectivity index (χ4v) is 2.45. The second kappa shape index (κ2) is 6.58. The highest BCUT2D eigenvalue weighted by Gasteiger charge is 2.06. The molecule has 1 atom stereocenters. The minimum atomic E-state index is 0.346. The van der Waals surface area contributed by atoms with E-state index in [2.05, 4.69) is 22.2 Å². The third-order valence-electron chi connectivity index (χ3n) is 2.50. The summed E-state index contributed by atoms with van der Waals surface area (Å²) >= 11 is 1.69. The highest BCUT2D eigenvalue weighted by Crippen LogP contribution is 2.23. The molecule has 0 aliphatic carbocycles. The van der Waals surface area contributed by atoms with Gasteiger partial charge in [0.25, 0.3) is 0 Å². The molecule has 2 aromatic rings. The van der Waals surface area contributed by atoms with Gasteiger partial charge in [0.15, 0.2) is 0 Å². The molecule has 5 heteroatoms. The molecule has 18 heavy (non-hydrogen) atoms. The molecule has 0 aliphatic heterocycles. The van der Waals surface area contributed by atoms with Crippen LogP contribution in [0.1, 0.15) is 11.8 Å². The summed E-state index contributed by atoms with van der Waals surface area (Å²) in [5, 5.41) is 4.41. The molecule has 0 unspecified atom stereocenters. The number of nitrogens with one attached hydrogen (secondary N) is 1. The summed E-state index contributed by atoms with van der Waals surface area (Å²) in [4.78, 5) is 9.74. The SMILES string of the molecule is COC[C@@H](C)NCc1cnc(-c2cccnc2)s1. The van der Waals surface area contributed by atoms with Crippen molar-refractivity contribution in [2.24, 2.45) is 0 Å². The molecule has 0 saturated carbocycles. The minimum Gasteiger partial charge on any atom is -0.383 e. The molecule has 0 saturated heterocycles. The van der Waals surface area contributed by atoms with Crippen LogP contribution >= 0.6 is 11.3 Å². The lowest BCUT2D eigenvalue weighted by atomic mass is 10.3. The van der Waals surface area contributed by atoms with Crippen molar-refractivity contribution in [3.8, 4) is 10.6 Å². The van der Waals surface area contributed by atoms with E-state index >= 15 is 0 Å². The molecule has 0 aromatic carbocycles. The monoisotopic (exact) mass is 263 g/mol. The molecule has 1 N–H and O–H groups in total. The number of hydrogen-bond acceptors (Lipinski definition) is 5. The first kappa shape index (κ1) is 13.1. The summed E-state index contributed by atoms with van der Waals surface area (Å²) in [7, 11) is 1.71. The first-order valence-corrected chi connectivity index (χ1v) is 6.68. The molecule has 4 nitrogen and oxygen atoms in total. The van der Waals surface area contributed by atoms with Crippen LogP contribution in [0, 0.1) is 0 Å². The van der Waals surface area contributed by atoms with Gasteiger partial charge in [-0.1, -0.05) is 0 Å². The van der Waals surface area contributed by atoms with Crippen LogP contribution < -0.4 is 5.32 Å². The molecular weight excluding hydrogens is 246 g/mol. The van der Waals surface area contributed by atoms with E-state index in [1.807, 2.05) is 24.5 Å². The summed E-state index contributed by atoms with van der Waals surface area (Å²) in [6, 6.07) is 4.30. The van der Waals surface area contributed by atoms with Gasteiger partial charge >= 0.3 is 0 Å². The van der Waals surface area contributed by atoms with Gasteiger partial charge < -0.3 is 10.1 Å². The Balaban J connectivity index is 1.95. The zero-order valence-electron chi connectivity index (χ0n) is 10.6. The first-order chi connectivity index (χ1) is 8.79. The smallest absolute Gasteiger partial charge is 0.125 e. The normalized spacial score (nSPS) is 12.6. The Morgan fingerprint density at radius 1 is 1.44 bits per heavy atom. The van der Waals surface area contributed by atoms with Crippen molar-refractivity contribution < 1.29 is 4.74 Å². The molecule has 2 aromatic heterocycles. The van der Waals surface area contributed by atoms with E-state index in [4.69, 9.17) is 4.74 Å². The molecule has 0 aliphatic rings. The Kier molecular flexibility index (Phi) is 4.81. The summed E-state index contributed by atoms with van der Waals surface area (Å²) in [5.41, 5.74) is 1.07. The van der Waals surface area contributed by atoms with Crippen LogP contribution in [0.5, 0.6) is 0 Å². The van der Waals surface area contributed by atoms with Crippen LogP contribution in [-0.2, 0) is 11.3 Å². The van der Waals surface area contributed by atoms with Gasteiger partial charge in [-0.05, 0) is 19.1 Å². The molecule has 2 rings (SSSR count). The molecule has 0 fully saturated rings. The lowest BCUT2D eigenvalue weighted by Crippen LogP contribution is -2.29. The van der Waals surface area contributed by atoms with Crippen molar-refractivity contribution in [3.63, 3.8) is 0 Å². The van der Waals surface area contributed by atoms with E-state index < -0.39 is 0 Å². The van der Waals surface area contributed by atoms with Gasteiger partial charge in [0.05, 0.1) is 6.61 Å². The second-order valence-electron chi connectivity index (χ2n) is 4.11. The molecule has 0 amide bonds. The number of hydrogen-bond donors (Lipinski definition) is 1. The van der Waals surface area contributed by atoms with Crippen molar-refractivity contribution in [1.82, 2.24) is 15.3 Å².